The van der Waals surface area contributed by atoms with Gasteiger partial charge >= 0.3 is 0 Å². The summed E-state index contributed by atoms with van der Waals surface area (Å²) in [6, 6.07) is 14.6. The van der Waals surface area contributed by atoms with E-state index in [-0.39, 0.29) is 24.9 Å². The predicted molar refractivity (Wildman–Crippen MR) is 107 cm³/mol. The number of carbonyl (C=O) groups excluding carboxylic acids is 2. The lowest BCUT2D eigenvalue weighted by Gasteiger charge is -2.16. The van der Waals surface area contributed by atoms with Gasteiger partial charge in [0, 0.05) is 17.3 Å². The lowest BCUT2D eigenvalue weighted by molar-refractivity contribution is -0.122. The van der Waals surface area contributed by atoms with Gasteiger partial charge in [-0.1, -0.05) is 23.7 Å². The van der Waals surface area contributed by atoms with E-state index in [1.807, 2.05) is 24.3 Å². The standard InChI is InChI=1S/C20H24ClN3O3/c1-24(14-20(26)23-17-7-5-16(21)6-8-17)13-19(25)22-12-11-15-3-9-18(27-2)10-4-15/h3-10H,11-14H2,1-2H3,(H,22,25)(H,23,26). The van der Waals surface area contributed by atoms with Crippen LogP contribution in [0.5, 0.6) is 5.75 Å². The van der Waals surface area contributed by atoms with E-state index in [0.29, 0.717) is 17.3 Å². The van der Waals surface area contributed by atoms with Crippen LogP contribution in [0.2, 0.25) is 5.02 Å². The fraction of sp³-hybridized carbons (Fsp3) is 0.300. The van der Waals surface area contributed by atoms with Crippen LogP contribution < -0.4 is 15.4 Å². The van der Waals surface area contributed by atoms with Crippen molar-refractivity contribution >= 4 is 29.1 Å². The van der Waals surface area contributed by atoms with Crippen molar-refractivity contribution in [1.82, 2.24) is 10.2 Å². The fourth-order valence-electron chi connectivity index (χ4n) is 2.47. The molecule has 0 unspecified atom stereocenters. The third-order valence-corrected chi connectivity index (χ3v) is 4.10. The normalized spacial score (nSPS) is 10.5. The quantitative estimate of drug-likeness (QED) is 0.691. The fourth-order valence-corrected chi connectivity index (χ4v) is 2.60. The first kappa shape index (κ1) is 20.7. The summed E-state index contributed by atoms with van der Waals surface area (Å²) in [5.41, 5.74) is 1.79. The van der Waals surface area contributed by atoms with Crippen LogP contribution in [-0.2, 0) is 16.0 Å². The molecular weight excluding hydrogens is 366 g/mol. The van der Waals surface area contributed by atoms with Crippen molar-refractivity contribution in [2.75, 3.05) is 39.1 Å². The predicted octanol–water partition coefficient (Wildman–Crippen LogP) is 2.58. The van der Waals surface area contributed by atoms with E-state index >= 15 is 0 Å². The summed E-state index contributed by atoms with van der Waals surface area (Å²) in [5.74, 6) is 0.498. The van der Waals surface area contributed by atoms with Gasteiger partial charge in [0.25, 0.3) is 0 Å². The molecule has 144 valence electrons. The lowest BCUT2D eigenvalue weighted by Crippen LogP contribution is -2.39. The molecule has 0 heterocycles. The Morgan fingerprint density at radius 2 is 1.63 bits per heavy atom. The van der Waals surface area contributed by atoms with E-state index in [4.69, 9.17) is 16.3 Å². The summed E-state index contributed by atoms with van der Waals surface area (Å²) < 4.78 is 5.12. The van der Waals surface area contributed by atoms with Crippen molar-refractivity contribution in [3.8, 4) is 5.75 Å². The maximum absolute atomic E-state index is 12.0. The number of hydrogen-bond acceptors (Lipinski definition) is 4. The van der Waals surface area contributed by atoms with Crippen molar-refractivity contribution in [3.63, 3.8) is 0 Å². The van der Waals surface area contributed by atoms with Crippen LogP contribution in [0.15, 0.2) is 48.5 Å². The summed E-state index contributed by atoms with van der Waals surface area (Å²) in [6.45, 7) is 0.807. The van der Waals surface area contributed by atoms with Crippen LogP contribution in [0, 0.1) is 0 Å². The first-order chi connectivity index (χ1) is 13.0. The zero-order valence-electron chi connectivity index (χ0n) is 15.5. The van der Waals surface area contributed by atoms with E-state index in [2.05, 4.69) is 10.6 Å². The molecule has 0 aliphatic rings. The summed E-state index contributed by atoms with van der Waals surface area (Å²) in [6.07, 6.45) is 0.733. The van der Waals surface area contributed by atoms with Gasteiger partial charge in [0.15, 0.2) is 0 Å². The Hall–Kier alpha value is -2.57. The molecule has 0 aliphatic carbocycles. The molecule has 7 heteroatoms. The van der Waals surface area contributed by atoms with Gasteiger partial charge in [0.05, 0.1) is 20.2 Å². The average Bonchev–Trinajstić information content (AvgIpc) is 2.64. The molecule has 2 N–H and O–H groups in total. The highest BCUT2D eigenvalue weighted by Crippen LogP contribution is 2.13. The molecule has 0 atom stereocenters. The maximum Gasteiger partial charge on any atom is 0.238 e. The molecule has 2 amide bonds. The molecule has 0 fully saturated rings. The van der Waals surface area contributed by atoms with Crippen LogP contribution in [0.4, 0.5) is 5.69 Å². The van der Waals surface area contributed by atoms with Gasteiger partial charge in [-0.2, -0.15) is 0 Å². The number of halogens is 1. The molecule has 0 radical (unpaired) electrons. The number of benzene rings is 2. The highest BCUT2D eigenvalue weighted by atomic mass is 35.5. The number of likely N-dealkylation sites (N-methyl/N-ethyl adjacent to an activating group) is 1. The van der Waals surface area contributed by atoms with E-state index < -0.39 is 0 Å². The smallest absolute Gasteiger partial charge is 0.238 e. The van der Waals surface area contributed by atoms with E-state index in [1.165, 1.54) is 0 Å². The zero-order chi connectivity index (χ0) is 19.6. The number of nitrogens with one attached hydrogen (secondary N) is 2. The van der Waals surface area contributed by atoms with E-state index in [1.54, 1.807) is 43.3 Å². The van der Waals surface area contributed by atoms with Crippen LogP contribution in [0.25, 0.3) is 0 Å². The van der Waals surface area contributed by atoms with Crippen LogP contribution >= 0.6 is 11.6 Å². The SMILES string of the molecule is COc1ccc(CCNC(=O)CN(C)CC(=O)Nc2ccc(Cl)cc2)cc1. The molecule has 6 nitrogen and oxygen atoms in total. The van der Waals surface area contributed by atoms with Crippen molar-refractivity contribution in [1.29, 1.82) is 0 Å². The van der Waals surface area contributed by atoms with Crippen molar-refractivity contribution in [2.24, 2.45) is 0 Å². The second-order valence-corrected chi connectivity index (χ2v) is 6.61. The van der Waals surface area contributed by atoms with Gasteiger partial charge in [-0.25, -0.2) is 0 Å². The molecule has 0 saturated heterocycles. The van der Waals surface area contributed by atoms with Crippen LogP contribution in [0.3, 0.4) is 0 Å². The highest BCUT2D eigenvalue weighted by molar-refractivity contribution is 6.30. The molecule has 2 rings (SSSR count). The molecule has 0 saturated carbocycles. The Bertz CT molecular complexity index is 748. The minimum absolute atomic E-state index is 0.120. The van der Waals surface area contributed by atoms with Gasteiger partial charge < -0.3 is 15.4 Å². The largest absolute Gasteiger partial charge is 0.497 e. The van der Waals surface area contributed by atoms with Gasteiger partial charge in [-0.3, -0.25) is 14.5 Å². The van der Waals surface area contributed by atoms with Gasteiger partial charge in [-0.15, -0.1) is 0 Å². The zero-order valence-corrected chi connectivity index (χ0v) is 16.3. The van der Waals surface area contributed by atoms with Gasteiger partial charge in [0.2, 0.25) is 11.8 Å². The Kier molecular flexibility index (Phi) is 8.10. The third-order valence-electron chi connectivity index (χ3n) is 3.85. The topological polar surface area (TPSA) is 70.7 Å². The third kappa shape index (κ3) is 7.68. The summed E-state index contributed by atoms with van der Waals surface area (Å²) >= 11 is 5.81. The number of anilines is 1. The Morgan fingerprint density at radius 3 is 2.26 bits per heavy atom. The van der Waals surface area contributed by atoms with Gasteiger partial charge in [0.1, 0.15) is 5.75 Å². The second kappa shape index (κ2) is 10.5. The monoisotopic (exact) mass is 389 g/mol. The summed E-state index contributed by atoms with van der Waals surface area (Å²) in [7, 11) is 3.35. The first-order valence-corrected chi connectivity index (χ1v) is 8.97. The number of amides is 2. The minimum Gasteiger partial charge on any atom is -0.497 e. The molecule has 0 aromatic heterocycles. The van der Waals surface area contributed by atoms with E-state index in [9.17, 15) is 9.59 Å². The second-order valence-electron chi connectivity index (χ2n) is 6.18. The van der Waals surface area contributed by atoms with Crippen LogP contribution in [-0.4, -0.2) is 50.5 Å². The number of carbonyl (C=O) groups is 2. The summed E-state index contributed by atoms with van der Waals surface area (Å²) in [4.78, 5) is 25.7. The molecule has 0 aliphatic heterocycles. The molecule has 0 spiro atoms. The Labute approximate surface area is 164 Å². The van der Waals surface area contributed by atoms with Crippen molar-refractivity contribution in [3.05, 3.63) is 59.1 Å². The molecule has 0 bridgehead atoms. The number of nitrogens with zero attached hydrogens (tertiary/aromatic N) is 1. The van der Waals surface area contributed by atoms with Crippen LogP contribution in [0.1, 0.15) is 5.56 Å². The molecular formula is C20H24ClN3O3. The molecule has 2 aromatic rings. The van der Waals surface area contributed by atoms with Crippen molar-refractivity contribution < 1.29 is 14.3 Å². The van der Waals surface area contributed by atoms with E-state index in [0.717, 1.165) is 17.7 Å². The lowest BCUT2D eigenvalue weighted by atomic mass is 10.1. The number of methoxy groups -OCH3 is 1. The number of hydrogen-bond donors (Lipinski definition) is 2. The average molecular weight is 390 g/mol. The summed E-state index contributed by atoms with van der Waals surface area (Å²) in [5, 5.41) is 6.24. The molecule has 2 aromatic carbocycles. The number of rotatable bonds is 9. The number of ether oxygens (including phenoxy) is 1. The van der Waals surface area contributed by atoms with Crippen molar-refractivity contribution in [2.45, 2.75) is 6.42 Å². The maximum atomic E-state index is 12.0. The Morgan fingerprint density at radius 1 is 1.00 bits per heavy atom. The Balaban J connectivity index is 1.66. The first-order valence-electron chi connectivity index (χ1n) is 8.60. The minimum atomic E-state index is -0.189. The van der Waals surface area contributed by atoms with Gasteiger partial charge in [-0.05, 0) is 55.4 Å². The molecule has 27 heavy (non-hydrogen) atoms. The highest BCUT2D eigenvalue weighted by Gasteiger charge is 2.11.